The number of ether oxygens (including phenoxy) is 1. The molecule has 1 heterocycles. The summed E-state index contributed by atoms with van der Waals surface area (Å²) in [4.78, 5) is 26.5. The van der Waals surface area contributed by atoms with E-state index in [1.807, 2.05) is 0 Å². The maximum absolute atomic E-state index is 13.8. The van der Waals surface area contributed by atoms with Crippen LogP contribution in [0.4, 0.5) is 23.2 Å². The lowest BCUT2D eigenvalue weighted by atomic mass is 9.91. The topological polar surface area (TPSA) is 94.5 Å². The minimum atomic E-state index is -5.18. The molecule has 158 valence electrons. The summed E-state index contributed by atoms with van der Waals surface area (Å²) in [7, 11) is 2.95. The number of allylic oxidation sites excluding steroid dienone is 1. The molecule has 0 bridgehead atoms. The first-order chi connectivity index (χ1) is 13.4. The van der Waals surface area contributed by atoms with Crippen LogP contribution in [0.15, 0.2) is 30.0 Å². The van der Waals surface area contributed by atoms with Gasteiger partial charge >= 0.3 is 6.36 Å². The van der Waals surface area contributed by atoms with Gasteiger partial charge in [0, 0.05) is 32.3 Å². The zero-order chi connectivity index (χ0) is 21.9. The van der Waals surface area contributed by atoms with Crippen LogP contribution in [-0.4, -0.2) is 48.9 Å². The number of para-hydroxylation sites is 1. The molecule has 29 heavy (non-hydrogen) atoms. The van der Waals surface area contributed by atoms with Gasteiger partial charge in [-0.25, -0.2) is 4.39 Å². The molecule has 7 nitrogen and oxygen atoms in total. The van der Waals surface area contributed by atoms with Crippen molar-refractivity contribution in [1.82, 2.24) is 10.2 Å². The van der Waals surface area contributed by atoms with E-state index < -0.39 is 47.3 Å². The minimum Gasteiger partial charge on any atom is -0.400 e. The molecule has 1 aliphatic heterocycles. The number of hydrogen-bond donors (Lipinski definition) is 3. The highest BCUT2D eigenvalue weighted by Crippen LogP contribution is 2.35. The fourth-order valence-electron chi connectivity index (χ4n) is 3.01. The van der Waals surface area contributed by atoms with E-state index in [2.05, 4.69) is 15.4 Å². The molecule has 0 aliphatic carbocycles. The van der Waals surface area contributed by atoms with E-state index in [9.17, 15) is 27.2 Å². The van der Waals surface area contributed by atoms with E-state index in [4.69, 9.17) is 17.0 Å². The lowest BCUT2D eigenvalue weighted by Crippen LogP contribution is -2.35. The second-order valence-corrected chi connectivity index (χ2v) is 6.56. The zero-order valence-electron chi connectivity index (χ0n) is 15.2. The molecule has 1 saturated heterocycles. The molecule has 0 aromatic heterocycles. The predicted octanol–water partition coefficient (Wildman–Crippen LogP) is 2.69. The molecule has 2 amide bonds. The summed E-state index contributed by atoms with van der Waals surface area (Å²) >= 11 is 5.56. The molecule has 0 radical (unpaired) electrons. The molecule has 0 spiro atoms. The Morgan fingerprint density at radius 3 is 2.62 bits per heavy atom. The average Bonchev–Trinajstić information content (AvgIpc) is 2.89. The standard InChI is InChI=1S/C17H17ClF4N4O3/c1-24-11(6-12(18)23)8-7-26(2)16(28)13(8)15(27)25-10-5-3-4-9(19)14(10)29-17(20,21)22/h3-6,8,13,23-24H,7H2,1-2H3,(H,25,27)/b11-6-,23-12?/t8-,13?/m1/s1. The summed E-state index contributed by atoms with van der Waals surface area (Å²) in [5.74, 6) is -6.18. The molecule has 1 aromatic carbocycles. The highest BCUT2D eigenvalue weighted by Gasteiger charge is 2.45. The third-order valence-corrected chi connectivity index (χ3v) is 4.32. The van der Waals surface area contributed by atoms with Crippen LogP contribution in [0.1, 0.15) is 0 Å². The van der Waals surface area contributed by atoms with Crippen molar-refractivity contribution in [2.75, 3.05) is 26.0 Å². The summed E-state index contributed by atoms with van der Waals surface area (Å²) in [5, 5.41) is 11.9. The van der Waals surface area contributed by atoms with Crippen molar-refractivity contribution in [3.8, 4) is 5.75 Å². The van der Waals surface area contributed by atoms with Crippen molar-refractivity contribution in [3.63, 3.8) is 0 Å². The molecule has 1 fully saturated rings. The second-order valence-electron chi connectivity index (χ2n) is 6.15. The van der Waals surface area contributed by atoms with Gasteiger partial charge in [-0.3, -0.25) is 15.0 Å². The van der Waals surface area contributed by atoms with Crippen LogP contribution >= 0.6 is 11.6 Å². The van der Waals surface area contributed by atoms with Gasteiger partial charge in [0.25, 0.3) is 0 Å². The molecule has 3 N–H and O–H groups in total. The second kappa shape index (κ2) is 8.68. The van der Waals surface area contributed by atoms with Crippen molar-refractivity contribution in [3.05, 3.63) is 35.8 Å². The molecule has 2 atom stereocenters. The Kier molecular flexibility index (Phi) is 6.73. The largest absolute Gasteiger partial charge is 0.573 e. The fourth-order valence-corrected chi connectivity index (χ4v) is 3.13. The fraction of sp³-hybridized carbons (Fsp3) is 0.353. The summed E-state index contributed by atoms with van der Waals surface area (Å²) in [5.41, 5.74) is -0.262. The number of likely N-dealkylation sites (tertiary alicyclic amines) is 1. The summed E-state index contributed by atoms with van der Waals surface area (Å²) in [6.07, 6.45) is -3.96. The molecule has 12 heteroatoms. The van der Waals surface area contributed by atoms with Crippen molar-refractivity contribution in [2.45, 2.75) is 6.36 Å². The number of benzene rings is 1. The normalized spacial score (nSPS) is 19.9. The average molecular weight is 437 g/mol. The Balaban J connectivity index is 2.37. The molecule has 0 saturated carbocycles. The number of hydrogen-bond acceptors (Lipinski definition) is 5. The lowest BCUT2D eigenvalue weighted by molar-refractivity contribution is -0.275. The van der Waals surface area contributed by atoms with E-state index in [1.165, 1.54) is 25.1 Å². The number of alkyl halides is 3. The molecule has 2 rings (SSSR count). The molecule has 1 aromatic rings. The van der Waals surface area contributed by atoms with Crippen LogP contribution in [0, 0.1) is 23.1 Å². The van der Waals surface area contributed by atoms with Gasteiger partial charge in [0.2, 0.25) is 11.8 Å². The van der Waals surface area contributed by atoms with Crippen LogP contribution in [0.5, 0.6) is 5.75 Å². The SMILES string of the molecule is CN/C(=C\C(=N)Cl)[C@H]1CN(C)C(=O)C1C(=O)Nc1cccc(F)c1OC(F)(F)F. The van der Waals surface area contributed by atoms with Gasteiger partial charge in [-0.1, -0.05) is 17.7 Å². The first-order valence-corrected chi connectivity index (χ1v) is 8.56. The van der Waals surface area contributed by atoms with Crippen LogP contribution in [0.3, 0.4) is 0 Å². The molecule has 1 aliphatic rings. The van der Waals surface area contributed by atoms with Crippen molar-refractivity contribution in [2.24, 2.45) is 11.8 Å². The minimum absolute atomic E-state index is 0.100. The third-order valence-electron chi connectivity index (χ3n) is 4.21. The first kappa shape index (κ1) is 22.5. The first-order valence-electron chi connectivity index (χ1n) is 8.18. The Bertz CT molecular complexity index is 860. The number of nitrogens with zero attached hydrogens (tertiary/aromatic N) is 1. The third kappa shape index (κ3) is 5.37. The molecular weight excluding hydrogens is 420 g/mol. The van der Waals surface area contributed by atoms with Crippen LogP contribution < -0.4 is 15.4 Å². The van der Waals surface area contributed by atoms with Gasteiger partial charge in [0.15, 0.2) is 11.6 Å². The number of carbonyl (C=O) groups is 2. The van der Waals surface area contributed by atoms with E-state index in [0.29, 0.717) is 5.70 Å². The predicted molar refractivity (Wildman–Crippen MR) is 97.1 cm³/mol. The maximum atomic E-state index is 13.8. The number of amides is 2. The summed E-state index contributed by atoms with van der Waals surface area (Å²) < 4.78 is 55.2. The Morgan fingerprint density at radius 2 is 2.07 bits per heavy atom. The number of nitrogens with one attached hydrogen (secondary N) is 3. The van der Waals surface area contributed by atoms with E-state index in [-0.39, 0.29) is 11.7 Å². The van der Waals surface area contributed by atoms with Crippen LogP contribution in [0.2, 0.25) is 0 Å². The van der Waals surface area contributed by atoms with Crippen LogP contribution in [-0.2, 0) is 9.59 Å². The lowest BCUT2D eigenvalue weighted by Gasteiger charge is -2.20. The summed E-state index contributed by atoms with van der Waals surface area (Å²) in [6.45, 7) is 0.100. The monoisotopic (exact) mass is 436 g/mol. The van der Waals surface area contributed by atoms with E-state index >= 15 is 0 Å². The van der Waals surface area contributed by atoms with Crippen LogP contribution in [0.25, 0.3) is 0 Å². The zero-order valence-corrected chi connectivity index (χ0v) is 16.0. The Labute approximate surface area is 168 Å². The van der Waals surface area contributed by atoms with Gasteiger partial charge in [-0.2, -0.15) is 0 Å². The van der Waals surface area contributed by atoms with Gasteiger partial charge in [-0.05, 0) is 18.2 Å². The van der Waals surface area contributed by atoms with Gasteiger partial charge < -0.3 is 20.3 Å². The summed E-state index contributed by atoms with van der Waals surface area (Å²) in [6, 6.07) is 2.84. The van der Waals surface area contributed by atoms with Gasteiger partial charge in [-0.15, -0.1) is 13.2 Å². The highest BCUT2D eigenvalue weighted by molar-refractivity contribution is 6.67. The van der Waals surface area contributed by atoms with Crippen molar-refractivity contribution < 1.29 is 31.9 Å². The van der Waals surface area contributed by atoms with E-state index in [0.717, 1.165) is 18.2 Å². The number of carbonyl (C=O) groups excluding carboxylic acids is 2. The smallest absolute Gasteiger partial charge is 0.400 e. The van der Waals surface area contributed by atoms with Gasteiger partial charge in [0.1, 0.15) is 11.1 Å². The quantitative estimate of drug-likeness (QED) is 0.363. The Hall–Kier alpha value is -2.82. The van der Waals surface area contributed by atoms with Crippen molar-refractivity contribution in [1.29, 1.82) is 5.41 Å². The molecule has 1 unspecified atom stereocenters. The number of anilines is 1. The maximum Gasteiger partial charge on any atom is 0.573 e. The van der Waals surface area contributed by atoms with Crippen molar-refractivity contribution >= 4 is 34.3 Å². The highest BCUT2D eigenvalue weighted by atomic mass is 35.5. The number of halogens is 5. The number of rotatable bonds is 6. The Morgan fingerprint density at radius 1 is 1.41 bits per heavy atom. The van der Waals surface area contributed by atoms with Gasteiger partial charge in [0.05, 0.1) is 5.69 Å². The van der Waals surface area contributed by atoms with E-state index in [1.54, 1.807) is 0 Å². The molecular formula is C17H17ClF4N4O3.